The Bertz CT molecular complexity index is 136. The van der Waals surface area contributed by atoms with E-state index in [2.05, 4.69) is 12.2 Å². The molecule has 0 unspecified atom stereocenters. The van der Waals surface area contributed by atoms with E-state index in [1.807, 2.05) is 4.90 Å². The van der Waals surface area contributed by atoms with Gasteiger partial charge in [0.25, 0.3) is 0 Å². The van der Waals surface area contributed by atoms with Crippen LogP contribution < -0.4 is 5.32 Å². The summed E-state index contributed by atoms with van der Waals surface area (Å²) >= 11 is 0. The molecule has 0 bridgehead atoms. The SMILES string of the molecule is CCNCCN1CCCC1=O. The number of amides is 1. The topological polar surface area (TPSA) is 32.3 Å². The molecule has 0 radical (unpaired) electrons. The van der Waals surface area contributed by atoms with Crippen molar-refractivity contribution in [2.75, 3.05) is 26.2 Å². The molecule has 1 amide bonds. The van der Waals surface area contributed by atoms with Gasteiger partial charge < -0.3 is 10.2 Å². The number of carbonyl (C=O) groups is 1. The molecule has 3 heteroatoms. The molecule has 11 heavy (non-hydrogen) atoms. The summed E-state index contributed by atoms with van der Waals surface area (Å²) in [5.74, 6) is 0.322. The fourth-order valence-electron chi connectivity index (χ4n) is 1.33. The lowest BCUT2D eigenvalue weighted by atomic mass is 10.4. The van der Waals surface area contributed by atoms with Crippen LogP contribution in [0.15, 0.2) is 0 Å². The summed E-state index contributed by atoms with van der Waals surface area (Å²) in [6.07, 6.45) is 1.80. The van der Waals surface area contributed by atoms with Gasteiger partial charge in [0.2, 0.25) is 5.91 Å². The molecular formula is C8H16N2O. The minimum Gasteiger partial charge on any atom is -0.341 e. The molecule has 3 nitrogen and oxygen atoms in total. The third-order valence-electron chi connectivity index (χ3n) is 1.98. The molecule has 1 N–H and O–H groups in total. The number of hydrogen-bond donors (Lipinski definition) is 1. The molecule has 0 aromatic carbocycles. The normalized spacial score (nSPS) is 17.9. The van der Waals surface area contributed by atoms with Crippen molar-refractivity contribution in [2.24, 2.45) is 0 Å². The van der Waals surface area contributed by atoms with E-state index >= 15 is 0 Å². The largest absolute Gasteiger partial charge is 0.341 e. The summed E-state index contributed by atoms with van der Waals surface area (Å²) in [7, 11) is 0. The zero-order chi connectivity index (χ0) is 8.10. The van der Waals surface area contributed by atoms with Crippen molar-refractivity contribution in [3.63, 3.8) is 0 Å². The number of hydrogen-bond acceptors (Lipinski definition) is 2. The van der Waals surface area contributed by atoms with Crippen molar-refractivity contribution in [3.8, 4) is 0 Å². The number of carbonyl (C=O) groups excluding carboxylic acids is 1. The van der Waals surface area contributed by atoms with Crippen LogP contribution in [0.5, 0.6) is 0 Å². The number of likely N-dealkylation sites (tertiary alicyclic amines) is 1. The zero-order valence-corrected chi connectivity index (χ0v) is 7.10. The van der Waals surface area contributed by atoms with Crippen LogP contribution in [-0.2, 0) is 4.79 Å². The summed E-state index contributed by atoms with van der Waals surface area (Å²) < 4.78 is 0. The van der Waals surface area contributed by atoms with Gasteiger partial charge in [-0.05, 0) is 13.0 Å². The van der Waals surface area contributed by atoms with Gasteiger partial charge in [0, 0.05) is 26.1 Å². The van der Waals surface area contributed by atoms with Crippen molar-refractivity contribution < 1.29 is 4.79 Å². The molecule has 64 valence electrons. The predicted molar refractivity (Wildman–Crippen MR) is 44.4 cm³/mol. The summed E-state index contributed by atoms with van der Waals surface area (Å²) in [6, 6.07) is 0. The molecule has 0 saturated carbocycles. The molecule has 1 rings (SSSR count). The molecule has 0 atom stereocenters. The first-order chi connectivity index (χ1) is 5.34. The summed E-state index contributed by atoms with van der Waals surface area (Å²) in [5.41, 5.74) is 0. The molecule has 1 fully saturated rings. The average Bonchev–Trinajstić information content (AvgIpc) is 2.37. The summed E-state index contributed by atoms with van der Waals surface area (Å²) in [4.78, 5) is 13.0. The molecule has 1 heterocycles. The van der Waals surface area contributed by atoms with Crippen LogP contribution in [0.1, 0.15) is 19.8 Å². The van der Waals surface area contributed by atoms with Crippen LogP contribution >= 0.6 is 0 Å². The number of nitrogens with zero attached hydrogens (tertiary/aromatic N) is 1. The van der Waals surface area contributed by atoms with Gasteiger partial charge in [0.1, 0.15) is 0 Å². The Labute approximate surface area is 67.8 Å². The van der Waals surface area contributed by atoms with Crippen LogP contribution in [0, 0.1) is 0 Å². The predicted octanol–water partition coefficient (Wildman–Crippen LogP) is 0.218. The summed E-state index contributed by atoms with van der Waals surface area (Å²) in [5, 5.41) is 3.20. The molecule has 0 aromatic heterocycles. The Kier molecular flexibility index (Phi) is 3.36. The molecule has 0 aromatic rings. The third kappa shape index (κ3) is 2.50. The third-order valence-corrected chi connectivity index (χ3v) is 1.98. The fraction of sp³-hybridized carbons (Fsp3) is 0.875. The Hall–Kier alpha value is -0.570. The minimum atomic E-state index is 0.322. The quantitative estimate of drug-likeness (QED) is 0.590. The maximum Gasteiger partial charge on any atom is 0.222 e. The second-order valence-corrected chi connectivity index (χ2v) is 2.84. The molecule has 0 spiro atoms. The molecule has 1 aliphatic rings. The van der Waals surface area contributed by atoms with Crippen LogP contribution in [0.25, 0.3) is 0 Å². The minimum absolute atomic E-state index is 0.322. The average molecular weight is 156 g/mol. The fourth-order valence-corrected chi connectivity index (χ4v) is 1.33. The van der Waals surface area contributed by atoms with Gasteiger partial charge in [-0.15, -0.1) is 0 Å². The van der Waals surface area contributed by atoms with E-state index in [9.17, 15) is 4.79 Å². The van der Waals surface area contributed by atoms with Gasteiger partial charge in [-0.1, -0.05) is 6.92 Å². The van der Waals surface area contributed by atoms with Gasteiger partial charge in [0.15, 0.2) is 0 Å². The Balaban J connectivity index is 2.10. The monoisotopic (exact) mass is 156 g/mol. The maximum absolute atomic E-state index is 11.1. The van der Waals surface area contributed by atoms with Crippen LogP contribution in [-0.4, -0.2) is 37.0 Å². The lowest BCUT2D eigenvalue weighted by Gasteiger charge is -2.14. The zero-order valence-electron chi connectivity index (χ0n) is 7.10. The standard InChI is InChI=1S/C8H16N2O/c1-2-9-5-7-10-6-3-4-8(10)11/h9H,2-7H2,1H3. The van der Waals surface area contributed by atoms with Crippen molar-refractivity contribution in [1.29, 1.82) is 0 Å². The molecule has 1 saturated heterocycles. The van der Waals surface area contributed by atoms with E-state index in [4.69, 9.17) is 0 Å². The second-order valence-electron chi connectivity index (χ2n) is 2.84. The van der Waals surface area contributed by atoms with Crippen LogP contribution in [0.2, 0.25) is 0 Å². The molecule has 1 aliphatic heterocycles. The van der Waals surface area contributed by atoms with Crippen molar-refractivity contribution in [1.82, 2.24) is 10.2 Å². The van der Waals surface area contributed by atoms with Gasteiger partial charge in [-0.2, -0.15) is 0 Å². The lowest BCUT2D eigenvalue weighted by Crippen LogP contribution is -2.32. The van der Waals surface area contributed by atoms with Gasteiger partial charge >= 0.3 is 0 Å². The molecular weight excluding hydrogens is 140 g/mol. The lowest BCUT2D eigenvalue weighted by molar-refractivity contribution is -0.127. The second kappa shape index (κ2) is 4.34. The smallest absolute Gasteiger partial charge is 0.222 e. The first-order valence-corrected chi connectivity index (χ1v) is 4.33. The van der Waals surface area contributed by atoms with Crippen LogP contribution in [0.3, 0.4) is 0 Å². The van der Waals surface area contributed by atoms with Crippen molar-refractivity contribution in [3.05, 3.63) is 0 Å². The van der Waals surface area contributed by atoms with E-state index in [0.29, 0.717) is 5.91 Å². The number of rotatable bonds is 4. The summed E-state index contributed by atoms with van der Waals surface area (Å²) in [6.45, 7) is 5.84. The highest BCUT2D eigenvalue weighted by atomic mass is 16.2. The number of nitrogens with one attached hydrogen (secondary N) is 1. The van der Waals surface area contributed by atoms with Crippen molar-refractivity contribution >= 4 is 5.91 Å². The highest BCUT2D eigenvalue weighted by Crippen LogP contribution is 2.07. The Morgan fingerprint density at radius 3 is 3.00 bits per heavy atom. The van der Waals surface area contributed by atoms with Gasteiger partial charge in [-0.25, -0.2) is 0 Å². The number of likely N-dealkylation sites (N-methyl/N-ethyl adjacent to an activating group) is 1. The first kappa shape index (κ1) is 8.53. The molecule has 0 aliphatic carbocycles. The van der Waals surface area contributed by atoms with E-state index in [1.54, 1.807) is 0 Å². The first-order valence-electron chi connectivity index (χ1n) is 4.33. The Morgan fingerprint density at radius 2 is 2.45 bits per heavy atom. The van der Waals surface area contributed by atoms with E-state index in [-0.39, 0.29) is 0 Å². The van der Waals surface area contributed by atoms with E-state index in [1.165, 1.54) is 0 Å². The highest BCUT2D eigenvalue weighted by molar-refractivity contribution is 5.78. The Morgan fingerprint density at radius 1 is 1.64 bits per heavy atom. The van der Waals surface area contributed by atoms with E-state index < -0.39 is 0 Å². The maximum atomic E-state index is 11.1. The van der Waals surface area contributed by atoms with Gasteiger partial charge in [-0.3, -0.25) is 4.79 Å². The van der Waals surface area contributed by atoms with Gasteiger partial charge in [0.05, 0.1) is 0 Å². The van der Waals surface area contributed by atoms with Crippen molar-refractivity contribution in [2.45, 2.75) is 19.8 Å². The van der Waals surface area contributed by atoms with E-state index in [0.717, 1.165) is 39.0 Å². The highest BCUT2D eigenvalue weighted by Gasteiger charge is 2.18. The van der Waals surface area contributed by atoms with Crippen LogP contribution in [0.4, 0.5) is 0 Å².